The maximum absolute atomic E-state index is 5.64. The Morgan fingerprint density at radius 1 is 1.60 bits per heavy atom. The number of rotatable bonds is 5. The summed E-state index contributed by atoms with van der Waals surface area (Å²) in [5.41, 5.74) is 8.60. The number of pyridine rings is 1. The highest BCUT2D eigenvalue weighted by Gasteiger charge is 2.03. The zero-order valence-electron chi connectivity index (χ0n) is 9.42. The molecule has 2 N–H and O–H groups in total. The van der Waals surface area contributed by atoms with Crippen LogP contribution in [-0.4, -0.2) is 11.6 Å². The van der Waals surface area contributed by atoms with Crippen LogP contribution in [0.15, 0.2) is 24.4 Å². The Bertz CT molecular complexity index is 347. The molecule has 0 atom stereocenters. The van der Waals surface area contributed by atoms with Gasteiger partial charge in [0.25, 0.3) is 0 Å². The van der Waals surface area contributed by atoms with E-state index in [0.29, 0.717) is 13.2 Å². The van der Waals surface area contributed by atoms with E-state index in [1.54, 1.807) is 6.20 Å². The van der Waals surface area contributed by atoms with E-state index in [1.165, 1.54) is 0 Å². The van der Waals surface area contributed by atoms with Crippen LogP contribution in [0.4, 0.5) is 0 Å². The van der Waals surface area contributed by atoms with Crippen molar-refractivity contribution in [3.8, 4) is 5.75 Å². The number of aryl methyl sites for hydroxylation is 1. The zero-order valence-corrected chi connectivity index (χ0v) is 9.42. The Labute approximate surface area is 91.0 Å². The fourth-order valence-electron chi connectivity index (χ4n) is 1.19. The van der Waals surface area contributed by atoms with Crippen molar-refractivity contribution in [3.63, 3.8) is 0 Å². The molecule has 0 fully saturated rings. The van der Waals surface area contributed by atoms with Crippen LogP contribution in [0.5, 0.6) is 5.75 Å². The molecule has 0 unspecified atom stereocenters. The molecule has 0 saturated carbocycles. The average molecular weight is 206 g/mol. The minimum absolute atomic E-state index is 0.454. The van der Waals surface area contributed by atoms with Crippen LogP contribution in [0.2, 0.25) is 0 Å². The van der Waals surface area contributed by atoms with E-state index in [2.05, 4.69) is 11.6 Å². The number of aromatic nitrogens is 1. The summed E-state index contributed by atoms with van der Waals surface area (Å²) in [7, 11) is 0. The number of nitrogens with zero attached hydrogens (tertiary/aromatic N) is 1. The summed E-state index contributed by atoms with van der Waals surface area (Å²) < 4.78 is 5.64. The van der Waals surface area contributed by atoms with Crippen LogP contribution in [-0.2, 0) is 6.54 Å². The molecule has 0 amide bonds. The molecule has 1 rings (SSSR count). The standard InChI is InChI=1S/C12H18N2O/c1-9(2)4-5-15-12-6-10(3)14-8-11(12)7-13/h6,8H,1,4-5,7,13H2,2-3H3. The Balaban J connectivity index is 2.65. The Morgan fingerprint density at radius 3 is 2.93 bits per heavy atom. The molecule has 0 radical (unpaired) electrons. The summed E-state index contributed by atoms with van der Waals surface area (Å²) in [6.45, 7) is 8.86. The first-order chi connectivity index (χ1) is 7.13. The highest BCUT2D eigenvalue weighted by molar-refractivity contribution is 5.32. The molecule has 0 saturated heterocycles. The molecule has 3 heteroatoms. The molecule has 0 spiro atoms. The number of nitrogens with two attached hydrogens (primary N) is 1. The quantitative estimate of drug-likeness (QED) is 0.751. The van der Waals surface area contributed by atoms with Crippen LogP contribution in [0, 0.1) is 6.92 Å². The zero-order chi connectivity index (χ0) is 11.3. The molecule has 0 aliphatic rings. The lowest BCUT2D eigenvalue weighted by Gasteiger charge is -2.10. The van der Waals surface area contributed by atoms with Gasteiger partial charge in [0.05, 0.1) is 6.61 Å². The van der Waals surface area contributed by atoms with Gasteiger partial charge in [-0.05, 0) is 13.8 Å². The summed E-state index contributed by atoms with van der Waals surface area (Å²) in [5.74, 6) is 0.839. The molecule has 1 aromatic rings. The van der Waals surface area contributed by atoms with E-state index in [9.17, 15) is 0 Å². The van der Waals surface area contributed by atoms with Gasteiger partial charge in [0.2, 0.25) is 0 Å². The number of hydrogen-bond donors (Lipinski definition) is 1. The minimum Gasteiger partial charge on any atom is -0.493 e. The summed E-state index contributed by atoms with van der Waals surface area (Å²) in [4.78, 5) is 4.18. The van der Waals surface area contributed by atoms with Crippen LogP contribution in [0.25, 0.3) is 0 Å². The van der Waals surface area contributed by atoms with Gasteiger partial charge in [-0.15, -0.1) is 6.58 Å². The van der Waals surface area contributed by atoms with E-state index in [-0.39, 0.29) is 0 Å². The number of ether oxygens (including phenoxy) is 1. The third kappa shape index (κ3) is 3.72. The first kappa shape index (κ1) is 11.7. The van der Waals surface area contributed by atoms with Gasteiger partial charge in [-0.1, -0.05) is 5.57 Å². The van der Waals surface area contributed by atoms with Crippen LogP contribution >= 0.6 is 0 Å². The highest BCUT2D eigenvalue weighted by Crippen LogP contribution is 2.18. The largest absolute Gasteiger partial charge is 0.493 e. The predicted octanol–water partition coefficient (Wildman–Crippen LogP) is 2.19. The minimum atomic E-state index is 0.454. The van der Waals surface area contributed by atoms with Gasteiger partial charge < -0.3 is 10.5 Å². The molecule has 0 aliphatic heterocycles. The molecule has 0 aliphatic carbocycles. The van der Waals surface area contributed by atoms with Gasteiger partial charge >= 0.3 is 0 Å². The van der Waals surface area contributed by atoms with Crippen molar-refractivity contribution in [3.05, 3.63) is 35.7 Å². The van der Waals surface area contributed by atoms with Crippen molar-refractivity contribution in [2.75, 3.05) is 6.61 Å². The third-order valence-corrected chi connectivity index (χ3v) is 2.09. The van der Waals surface area contributed by atoms with Gasteiger partial charge in [0, 0.05) is 36.5 Å². The van der Waals surface area contributed by atoms with Crippen molar-refractivity contribution in [2.24, 2.45) is 5.73 Å². The van der Waals surface area contributed by atoms with Gasteiger partial charge in [-0.3, -0.25) is 4.98 Å². The Kier molecular flexibility index (Phi) is 4.31. The van der Waals surface area contributed by atoms with Crippen molar-refractivity contribution >= 4 is 0 Å². The van der Waals surface area contributed by atoms with E-state index in [1.807, 2.05) is 19.9 Å². The summed E-state index contributed by atoms with van der Waals surface area (Å²) in [5, 5.41) is 0. The third-order valence-electron chi connectivity index (χ3n) is 2.09. The summed E-state index contributed by atoms with van der Waals surface area (Å²) in [6, 6.07) is 1.92. The normalized spacial score (nSPS) is 10.1. The van der Waals surface area contributed by atoms with Crippen molar-refractivity contribution in [2.45, 2.75) is 26.8 Å². The van der Waals surface area contributed by atoms with E-state index >= 15 is 0 Å². The summed E-state index contributed by atoms with van der Waals surface area (Å²) >= 11 is 0. The topological polar surface area (TPSA) is 48.1 Å². The van der Waals surface area contributed by atoms with Crippen molar-refractivity contribution in [1.82, 2.24) is 4.98 Å². The molecule has 15 heavy (non-hydrogen) atoms. The first-order valence-electron chi connectivity index (χ1n) is 5.06. The van der Waals surface area contributed by atoms with E-state index < -0.39 is 0 Å². The van der Waals surface area contributed by atoms with Gasteiger partial charge in [-0.2, -0.15) is 0 Å². The van der Waals surface area contributed by atoms with Crippen LogP contribution in [0.3, 0.4) is 0 Å². The smallest absolute Gasteiger partial charge is 0.127 e. The monoisotopic (exact) mass is 206 g/mol. The van der Waals surface area contributed by atoms with E-state index in [0.717, 1.165) is 29.0 Å². The molecular weight excluding hydrogens is 188 g/mol. The average Bonchev–Trinajstić information content (AvgIpc) is 2.17. The second-order valence-electron chi connectivity index (χ2n) is 3.69. The molecule has 0 bridgehead atoms. The molecule has 1 heterocycles. The lowest BCUT2D eigenvalue weighted by molar-refractivity contribution is 0.318. The fraction of sp³-hybridized carbons (Fsp3) is 0.417. The fourth-order valence-corrected chi connectivity index (χ4v) is 1.19. The molecule has 1 aromatic heterocycles. The predicted molar refractivity (Wildman–Crippen MR) is 61.8 cm³/mol. The Morgan fingerprint density at radius 2 is 2.33 bits per heavy atom. The molecule has 82 valence electrons. The summed E-state index contributed by atoms with van der Waals surface area (Å²) in [6.07, 6.45) is 2.64. The maximum atomic E-state index is 5.64. The second kappa shape index (κ2) is 5.51. The lowest BCUT2D eigenvalue weighted by atomic mass is 10.2. The van der Waals surface area contributed by atoms with Crippen LogP contribution < -0.4 is 10.5 Å². The van der Waals surface area contributed by atoms with Gasteiger partial charge in [0.1, 0.15) is 5.75 Å². The first-order valence-corrected chi connectivity index (χ1v) is 5.06. The Hall–Kier alpha value is -1.35. The molecule has 3 nitrogen and oxygen atoms in total. The molecule has 0 aromatic carbocycles. The number of hydrogen-bond acceptors (Lipinski definition) is 3. The maximum Gasteiger partial charge on any atom is 0.127 e. The lowest BCUT2D eigenvalue weighted by Crippen LogP contribution is -2.05. The molecular formula is C12H18N2O. The van der Waals surface area contributed by atoms with Gasteiger partial charge in [0.15, 0.2) is 0 Å². The SMILES string of the molecule is C=C(C)CCOc1cc(C)ncc1CN. The van der Waals surface area contributed by atoms with Gasteiger partial charge in [-0.25, -0.2) is 0 Å². The van der Waals surface area contributed by atoms with Crippen molar-refractivity contribution < 1.29 is 4.74 Å². The van der Waals surface area contributed by atoms with Crippen molar-refractivity contribution in [1.29, 1.82) is 0 Å². The van der Waals surface area contributed by atoms with E-state index in [4.69, 9.17) is 10.5 Å². The highest BCUT2D eigenvalue weighted by atomic mass is 16.5. The van der Waals surface area contributed by atoms with Crippen LogP contribution in [0.1, 0.15) is 24.6 Å². The second-order valence-corrected chi connectivity index (χ2v) is 3.69.